The summed E-state index contributed by atoms with van der Waals surface area (Å²) in [5.74, 6) is 0. The van der Waals surface area contributed by atoms with E-state index in [2.05, 4.69) is 65.8 Å². The van der Waals surface area contributed by atoms with Crippen molar-refractivity contribution in [1.29, 1.82) is 0 Å². The van der Waals surface area contributed by atoms with Crippen LogP contribution in [0.3, 0.4) is 0 Å². The van der Waals surface area contributed by atoms with Crippen molar-refractivity contribution >= 4 is 6.29 Å². The molecule has 21 heavy (non-hydrogen) atoms. The normalized spacial score (nSPS) is 25.3. The van der Waals surface area contributed by atoms with Crippen LogP contribution in [0.4, 0.5) is 0 Å². The van der Waals surface area contributed by atoms with Crippen LogP contribution in [0.5, 0.6) is 0 Å². The highest BCUT2D eigenvalue weighted by Crippen LogP contribution is 2.57. The van der Waals surface area contributed by atoms with Crippen molar-refractivity contribution < 1.29 is 4.79 Å². The van der Waals surface area contributed by atoms with Crippen LogP contribution in [0.2, 0.25) is 0 Å². The van der Waals surface area contributed by atoms with Gasteiger partial charge in [0.2, 0.25) is 0 Å². The fourth-order valence-electron chi connectivity index (χ4n) is 4.24. The lowest BCUT2D eigenvalue weighted by atomic mass is 9.50. The van der Waals surface area contributed by atoms with E-state index in [0.29, 0.717) is 0 Å². The van der Waals surface area contributed by atoms with Crippen molar-refractivity contribution in [3.8, 4) is 0 Å². The molecule has 0 aromatic heterocycles. The first-order valence-electron chi connectivity index (χ1n) is 7.89. The molecule has 0 spiro atoms. The number of hydrogen-bond acceptors (Lipinski definition) is 1. The summed E-state index contributed by atoms with van der Waals surface area (Å²) in [6.45, 7) is 13.7. The van der Waals surface area contributed by atoms with Crippen LogP contribution in [-0.4, -0.2) is 6.29 Å². The molecule has 0 radical (unpaired) electrons. The van der Waals surface area contributed by atoms with E-state index in [1.54, 1.807) is 6.08 Å². The van der Waals surface area contributed by atoms with Crippen molar-refractivity contribution in [2.24, 2.45) is 5.41 Å². The molecular weight excluding hydrogens is 256 g/mol. The average Bonchev–Trinajstić information content (AvgIpc) is 2.38. The van der Waals surface area contributed by atoms with Gasteiger partial charge in [-0.05, 0) is 47.8 Å². The molecule has 0 heterocycles. The van der Waals surface area contributed by atoms with E-state index in [1.165, 1.54) is 16.7 Å². The maximum atomic E-state index is 11.1. The van der Waals surface area contributed by atoms with Gasteiger partial charge in [-0.15, -0.1) is 0 Å². The number of carbonyl (C=O) groups is 1. The smallest absolute Gasteiger partial charge is 0.142 e. The van der Waals surface area contributed by atoms with Gasteiger partial charge >= 0.3 is 0 Å². The molecule has 1 unspecified atom stereocenters. The van der Waals surface area contributed by atoms with E-state index in [4.69, 9.17) is 0 Å². The average molecular weight is 284 g/mol. The fourth-order valence-corrected chi connectivity index (χ4v) is 4.24. The molecule has 0 amide bonds. The Balaban J connectivity index is 2.80. The van der Waals surface area contributed by atoms with E-state index in [0.717, 1.165) is 19.1 Å². The minimum Gasteiger partial charge on any atom is -0.299 e. The van der Waals surface area contributed by atoms with Crippen molar-refractivity contribution in [1.82, 2.24) is 0 Å². The van der Waals surface area contributed by atoms with Crippen LogP contribution in [-0.2, 0) is 15.6 Å². The van der Waals surface area contributed by atoms with Crippen molar-refractivity contribution in [2.45, 2.75) is 65.2 Å². The molecule has 1 heteroatoms. The minimum atomic E-state index is -0.0555. The largest absolute Gasteiger partial charge is 0.299 e. The van der Waals surface area contributed by atoms with Crippen molar-refractivity contribution in [3.63, 3.8) is 0 Å². The number of benzene rings is 1. The molecule has 114 valence electrons. The maximum Gasteiger partial charge on any atom is 0.142 e. The first-order valence-corrected chi connectivity index (χ1v) is 7.89. The Labute approximate surface area is 129 Å². The van der Waals surface area contributed by atoms with Gasteiger partial charge in [0, 0.05) is 5.41 Å². The lowest BCUT2D eigenvalue weighted by Crippen LogP contribution is -2.47. The van der Waals surface area contributed by atoms with Gasteiger partial charge in [0.05, 0.1) is 0 Å². The van der Waals surface area contributed by atoms with Crippen LogP contribution >= 0.6 is 0 Å². The maximum absolute atomic E-state index is 11.1. The summed E-state index contributed by atoms with van der Waals surface area (Å²) in [5.41, 5.74) is 4.25. The first-order chi connectivity index (χ1) is 9.67. The second kappa shape index (κ2) is 5.12. The molecule has 0 saturated carbocycles. The summed E-state index contributed by atoms with van der Waals surface area (Å²) < 4.78 is 0. The predicted octanol–water partition coefficient (Wildman–Crippen LogP) is 5.19. The second-order valence-corrected chi connectivity index (χ2v) is 8.07. The van der Waals surface area contributed by atoms with Gasteiger partial charge in [-0.1, -0.05) is 64.5 Å². The zero-order chi connectivity index (χ0) is 15.9. The monoisotopic (exact) mass is 284 g/mol. The van der Waals surface area contributed by atoms with Gasteiger partial charge in [-0.25, -0.2) is 0 Å². The van der Waals surface area contributed by atoms with Crippen LogP contribution in [0.1, 0.15) is 65.5 Å². The number of allylic oxidation sites excluding steroid dienone is 2. The third-order valence-electron chi connectivity index (χ3n) is 5.51. The second-order valence-electron chi connectivity index (χ2n) is 8.07. The lowest BCUT2D eigenvalue weighted by Gasteiger charge is -2.53. The molecule has 1 atom stereocenters. The summed E-state index contributed by atoms with van der Waals surface area (Å²) in [6, 6.07) is 8.81. The molecule has 1 aromatic carbocycles. The first kappa shape index (κ1) is 16.0. The Morgan fingerprint density at radius 1 is 1.10 bits per heavy atom. The lowest BCUT2D eigenvalue weighted by molar-refractivity contribution is -0.104. The Morgan fingerprint density at radius 3 is 2.19 bits per heavy atom. The SMILES string of the molecule is C/C(=C/C=O)C1(C(C)(C)C)CCC(C)(C)c2ccccc21. The summed E-state index contributed by atoms with van der Waals surface area (Å²) in [4.78, 5) is 11.1. The summed E-state index contributed by atoms with van der Waals surface area (Å²) in [7, 11) is 0. The van der Waals surface area contributed by atoms with Crippen LogP contribution in [0.25, 0.3) is 0 Å². The van der Waals surface area contributed by atoms with Crippen molar-refractivity contribution in [3.05, 3.63) is 47.0 Å². The van der Waals surface area contributed by atoms with E-state index in [-0.39, 0.29) is 16.2 Å². The van der Waals surface area contributed by atoms with Crippen LogP contribution in [0, 0.1) is 5.41 Å². The Kier molecular flexibility index (Phi) is 3.90. The molecule has 0 saturated heterocycles. The molecule has 0 N–H and O–H groups in total. The highest BCUT2D eigenvalue weighted by molar-refractivity contribution is 5.68. The molecule has 1 aliphatic rings. The molecular formula is C20H28O. The highest BCUT2D eigenvalue weighted by atomic mass is 16.1. The van der Waals surface area contributed by atoms with Gasteiger partial charge in [0.1, 0.15) is 6.29 Å². The highest BCUT2D eigenvalue weighted by Gasteiger charge is 2.50. The third kappa shape index (κ3) is 2.37. The molecule has 1 aliphatic carbocycles. The third-order valence-corrected chi connectivity index (χ3v) is 5.51. The van der Waals surface area contributed by atoms with E-state index >= 15 is 0 Å². The Hall–Kier alpha value is -1.37. The summed E-state index contributed by atoms with van der Waals surface area (Å²) >= 11 is 0. The van der Waals surface area contributed by atoms with Gasteiger partial charge < -0.3 is 0 Å². The summed E-state index contributed by atoms with van der Waals surface area (Å²) in [5, 5.41) is 0. The Morgan fingerprint density at radius 2 is 1.67 bits per heavy atom. The molecule has 2 rings (SSSR count). The van der Waals surface area contributed by atoms with Gasteiger partial charge in [-0.2, -0.15) is 0 Å². The van der Waals surface area contributed by atoms with Gasteiger partial charge in [0.15, 0.2) is 0 Å². The predicted molar refractivity (Wildman–Crippen MR) is 89.7 cm³/mol. The van der Waals surface area contributed by atoms with Crippen molar-refractivity contribution in [2.75, 3.05) is 0 Å². The van der Waals surface area contributed by atoms with E-state index < -0.39 is 0 Å². The molecule has 0 fully saturated rings. The number of rotatable bonds is 2. The van der Waals surface area contributed by atoms with Crippen LogP contribution < -0.4 is 0 Å². The summed E-state index contributed by atoms with van der Waals surface area (Å²) in [6.07, 6.45) is 4.94. The number of fused-ring (bicyclic) bond motifs is 1. The van der Waals surface area contributed by atoms with Gasteiger partial charge in [0.25, 0.3) is 0 Å². The fraction of sp³-hybridized carbons (Fsp3) is 0.550. The molecule has 0 aliphatic heterocycles. The van der Waals surface area contributed by atoms with Gasteiger partial charge in [-0.3, -0.25) is 4.79 Å². The number of carbonyl (C=O) groups excluding carboxylic acids is 1. The zero-order valence-electron chi connectivity index (χ0n) is 14.3. The quantitative estimate of drug-likeness (QED) is 0.539. The van der Waals surface area contributed by atoms with E-state index in [1.807, 2.05) is 0 Å². The molecule has 1 nitrogen and oxygen atoms in total. The molecule has 0 bridgehead atoms. The van der Waals surface area contributed by atoms with E-state index in [9.17, 15) is 4.79 Å². The zero-order valence-corrected chi connectivity index (χ0v) is 14.3. The molecule has 1 aromatic rings. The minimum absolute atomic E-state index is 0.0555. The number of aldehydes is 1. The topological polar surface area (TPSA) is 17.1 Å². The Bertz CT molecular complexity index is 572. The standard InChI is InChI=1S/C20H28O/c1-15(11-14-21)20(18(2,3)4)13-12-19(5,6)16-9-7-8-10-17(16)20/h7-11,14H,12-13H2,1-6H3/b15-11-. The number of hydrogen-bond donors (Lipinski definition) is 0. The van der Waals surface area contributed by atoms with Crippen LogP contribution in [0.15, 0.2) is 35.9 Å².